The highest BCUT2D eigenvalue weighted by molar-refractivity contribution is 5.92. The first-order chi connectivity index (χ1) is 12.7. The summed E-state index contributed by atoms with van der Waals surface area (Å²) in [4.78, 5) is 25.3. The second-order valence-electron chi connectivity index (χ2n) is 6.88. The first kappa shape index (κ1) is 16.8. The number of rotatable bonds is 4. The van der Waals surface area contributed by atoms with Gasteiger partial charge in [-0.05, 0) is 25.3 Å². The summed E-state index contributed by atoms with van der Waals surface area (Å²) in [5.74, 6) is 1.50. The van der Waals surface area contributed by atoms with E-state index in [1.54, 1.807) is 30.3 Å². The van der Waals surface area contributed by atoms with Crippen molar-refractivity contribution in [1.82, 2.24) is 24.6 Å². The minimum absolute atomic E-state index is 0.00667. The van der Waals surface area contributed by atoms with Crippen LogP contribution >= 0.6 is 0 Å². The molecule has 1 amide bonds. The fourth-order valence-corrected chi connectivity index (χ4v) is 3.62. The third-order valence-electron chi connectivity index (χ3n) is 5.07. The van der Waals surface area contributed by atoms with Crippen molar-refractivity contribution in [3.8, 4) is 5.88 Å². The van der Waals surface area contributed by atoms with Crippen LogP contribution in [0.5, 0.6) is 5.88 Å². The summed E-state index contributed by atoms with van der Waals surface area (Å²) in [6.07, 6.45) is 7.64. The van der Waals surface area contributed by atoms with Crippen LogP contribution in [0.25, 0.3) is 0 Å². The van der Waals surface area contributed by atoms with Crippen LogP contribution in [-0.2, 0) is 7.05 Å². The summed E-state index contributed by atoms with van der Waals surface area (Å²) in [6, 6.07) is 3.66. The Labute approximate surface area is 152 Å². The Kier molecular flexibility index (Phi) is 4.73. The number of hydrogen-bond donors (Lipinski definition) is 0. The molecule has 2 aromatic rings. The van der Waals surface area contributed by atoms with Gasteiger partial charge in [-0.25, -0.2) is 9.97 Å². The number of aryl methyl sites for hydroxylation is 1. The third-order valence-corrected chi connectivity index (χ3v) is 5.07. The zero-order valence-corrected chi connectivity index (χ0v) is 15.0. The van der Waals surface area contributed by atoms with Crippen LogP contribution < -0.4 is 9.64 Å². The molecule has 0 saturated carbocycles. The molecule has 0 aromatic carbocycles. The van der Waals surface area contributed by atoms with E-state index in [4.69, 9.17) is 4.74 Å². The summed E-state index contributed by atoms with van der Waals surface area (Å²) < 4.78 is 7.64. The van der Waals surface area contributed by atoms with E-state index >= 15 is 0 Å². The van der Waals surface area contributed by atoms with Gasteiger partial charge in [-0.15, -0.1) is 0 Å². The lowest BCUT2D eigenvalue weighted by Gasteiger charge is -2.27. The van der Waals surface area contributed by atoms with Crippen LogP contribution in [0, 0.1) is 0 Å². The van der Waals surface area contributed by atoms with Crippen LogP contribution in [0.15, 0.2) is 24.7 Å². The van der Waals surface area contributed by atoms with Gasteiger partial charge in [0, 0.05) is 45.4 Å². The van der Waals surface area contributed by atoms with Crippen molar-refractivity contribution in [1.29, 1.82) is 0 Å². The molecule has 2 aliphatic heterocycles. The summed E-state index contributed by atoms with van der Waals surface area (Å²) >= 11 is 0. The monoisotopic (exact) mass is 356 g/mol. The Bertz CT molecular complexity index is 771. The molecule has 4 rings (SSSR count). The quantitative estimate of drug-likeness (QED) is 0.826. The number of anilines is 1. The van der Waals surface area contributed by atoms with E-state index in [0.717, 1.165) is 25.3 Å². The lowest BCUT2D eigenvalue weighted by Crippen LogP contribution is -2.32. The summed E-state index contributed by atoms with van der Waals surface area (Å²) in [6.45, 7) is 3.31. The molecule has 2 aliphatic rings. The summed E-state index contributed by atoms with van der Waals surface area (Å²) in [7, 11) is 1.78. The number of aromatic nitrogens is 4. The second-order valence-corrected chi connectivity index (χ2v) is 6.88. The number of amides is 1. The Morgan fingerprint density at radius 1 is 1.19 bits per heavy atom. The Balaban J connectivity index is 1.38. The largest absolute Gasteiger partial charge is 0.472 e. The van der Waals surface area contributed by atoms with Crippen molar-refractivity contribution in [3.05, 3.63) is 30.4 Å². The van der Waals surface area contributed by atoms with E-state index in [9.17, 15) is 4.79 Å². The van der Waals surface area contributed by atoms with E-state index < -0.39 is 0 Å². The molecule has 2 saturated heterocycles. The highest BCUT2D eigenvalue weighted by Gasteiger charge is 2.30. The van der Waals surface area contributed by atoms with E-state index in [2.05, 4.69) is 20.0 Å². The average molecular weight is 356 g/mol. The highest BCUT2D eigenvalue weighted by atomic mass is 16.5. The maximum Gasteiger partial charge on any atom is 0.272 e. The zero-order chi connectivity index (χ0) is 17.9. The SMILES string of the molecule is Cn1nccc1C(=O)N1CC[C@@H](Oc2cc(N3CCCCC3)ncn2)C1. The molecule has 0 bridgehead atoms. The number of carbonyl (C=O) groups is 1. The molecule has 0 N–H and O–H groups in total. The van der Waals surface area contributed by atoms with Crippen molar-refractivity contribution < 1.29 is 9.53 Å². The van der Waals surface area contributed by atoms with Crippen molar-refractivity contribution in [3.63, 3.8) is 0 Å². The smallest absolute Gasteiger partial charge is 0.272 e. The summed E-state index contributed by atoms with van der Waals surface area (Å²) in [5, 5.41) is 4.07. The molecule has 8 heteroatoms. The molecule has 0 radical (unpaired) electrons. The van der Waals surface area contributed by atoms with Gasteiger partial charge in [0.05, 0.1) is 6.54 Å². The van der Waals surface area contributed by atoms with Crippen LogP contribution in [0.4, 0.5) is 5.82 Å². The average Bonchev–Trinajstić information content (AvgIpc) is 3.31. The molecule has 26 heavy (non-hydrogen) atoms. The van der Waals surface area contributed by atoms with E-state index in [0.29, 0.717) is 24.7 Å². The number of ether oxygens (including phenoxy) is 1. The van der Waals surface area contributed by atoms with E-state index in [1.165, 1.54) is 19.3 Å². The molecule has 138 valence electrons. The fourth-order valence-electron chi connectivity index (χ4n) is 3.62. The van der Waals surface area contributed by atoms with Crippen LogP contribution in [-0.4, -0.2) is 62.8 Å². The van der Waals surface area contributed by atoms with Crippen molar-refractivity contribution in [2.75, 3.05) is 31.1 Å². The Morgan fingerprint density at radius 3 is 2.81 bits per heavy atom. The van der Waals surface area contributed by atoms with Gasteiger partial charge in [-0.2, -0.15) is 5.10 Å². The molecule has 0 spiro atoms. The van der Waals surface area contributed by atoms with Gasteiger partial charge >= 0.3 is 0 Å². The number of hydrogen-bond acceptors (Lipinski definition) is 6. The lowest BCUT2D eigenvalue weighted by atomic mass is 10.1. The maximum atomic E-state index is 12.6. The van der Waals surface area contributed by atoms with Gasteiger partial charge in [0.25, 0.3) is 5.91 Å². The standard InChI is InChI=1S/C18H24N6O2/c1-22-15(5-7-21-22)18(25)24-10-6-14(12-24)26-17-11-16(19-13-20-17)23-8-3-2-4-9-23/h5,7,11,13-14H,2-4,6,8-10,12H2,1H3/t14-/m1/s1. The van der Waals surface area contributed by atoms with Gasteiger partial charge in [0.15, 0.2) is 0 Å². The van der Waals surface area contributed by atoms with Gasteiger partial charge in [0.1, 0.15) is 23.9 Å². The minimum atomic E-state index is -0.0451. The molecule has 0 aliphatic carbocycles. The van der Waals surface area contributed by atoms with Crippen LogP contribution in [0.3, 0.4) is 0 Å². The normalized spacial score (nSPS) is 20.4. The third kappa shape index (κ3) is 3.49. The molecule has 2 aromatic heterocycles. The first-order valence-electron chi connectivity index (χ1n) is 9.21. The molecule has 0 unspecified atom stereocenters. The molecule has 4 heterocycles. The van der Waals surface area contributed by atoms with Crippen LogP contribution in [0.2, 0.25) is 0 Å². The van der Waals surface area contributed by atoms with Gasteiger partial charge in [-0.1, -0.05) is 0 Å². The maximum absolute atomic E-state index is 12.6. The second kappa shape index (κ2) is 7.31. The summed E-state index contributed by atoms with van der Waals surface area (Å²) in [5.41, 5.74) is 0.597. The van der Waals surface area contributed by atoms with Gasteiger partial charge < -0.3 is 14.5 Å². The topological polar surface area (TPSA) is 76.4 Å². The Hall–Kier alpha value is -2.64. The van der Waals surface area contributed by atoms with E-state index in [-0.39, 0.29) is 12.0 Å². The van der Waals surface area contributed by atoms with Gasteiger partial charge in [0.2, 0.25) is 5.88 Å². The van der Waals surface area contributed by atoms with Crippen molar-refractivity contribution in [2.45, 2.75) is 31.8 Å². The van der Waals surface area contributed by atoms with Crippen molar-refractivity contribution >= 4 is 11.7 Å². The van der Waals surface area contributed by atoms with Crippen LogP contribution in [0.1, 0.15) is 36.2 Å². The molecular formula is C18H24N6O2. The number of nitrogens with zero attached hydrogens (tertiary/aromatic N) is 6. The van der Waals surface area contributed by atoms with Gasteiger partial charge in [-0.3, -0.25) is 9.48 Å². The number of piperidine rings is 1. The fraction of sp³-hybridized carbons (Fsp3) is 0.556. The number of likely N-dealkylation sites (tertiary alicyclic amines) is 1. The predicted molar refractivity (Wildman–Crippen MR) is 96.2 cm³/mol. The molecule has 1 atom stereocenters. The van der Waals surface area contributed by atoms with Crippen molar-refractivity contribution in [2.24, 2.45) is 7.05 Å². The lowest BCUT2D eigenvalue weighted by molar-refractivity contribution is 0.0760. The highest BCUT2D eigenvalue weighted by Crippen LogP contribution is 2.23. The Morgan fingerprint density at radius 2 is 2.04 bits per heavy atom. The minimum Gasteiger partial charge on any atom is -0.472 e. The first-order valence-corrected chi connectivity index (χ1v) is 9.21. The van der Waals surface area contributed by atoms with E-state index in [1.807, 2.05) is 11.0 Å². The molecule has 8 nitrogen and oxygen atoms in total. The molecule has 2 fully saturated rings. The zero-order valence-electron chi connectivity index (χ0n) is 15.0. The predicted octanol–water partition coefficient (Wildman–Crippen LogP) is 1.49. The number of carbonyl (C=O) groups excluding carboxylic acids is 1. The molecular weight excluding hydrogens is 332 g/mol.